The molecule has 7 nitrogen and oxygen atoms in total. The molecule has 2 aromatic rings. The maximum Gasteiger partial charge on any atom is 0.342 e. The molecule has 0 aliphatic heterocycles. The number of rotatable bonds is 5. The molecule has 0 saturated heterocycles. The van der Waals surface area contributed by atoms with Crippen LogP contribution in [0.5, 0.6) is 5.75 Å². The first-order chi connectivity index (χ1) is 11.9. The Morgan fingerprint density at radius 2 is 1.72 bits per heavy atom. The molecule has 0 saturated carbocycles. The summed E-state index contributed by atoms with van der Waals surface area (Å²) in [6.07, 6.45) is 0. The molecule has 0 atom stereocenters. The highest BCUT2D eigenvalue weighted by atomic mass is 16.5. The van der Waals surface area contributed by atoms with Gasteiger partial charge in [-0.3, -0.25) is 10.1 Å². The van der Waals surface area contributed by atoms with Gasteiger partial charge in [0.05, 0.1) is 7.11 Å². The highest BCUT2D eigenvalue weighted by Gasteiger charge is 2.17. The van der Waals surface area contributed by atoms with E-state index in [1.807, 2.05) is 24.3 Å². The second kappa shape index (κ2) is 8.14. The van der Waals surface area contributed by atoms with Gasteiger partial charge in [0.15, 0.2) is 6.61 Å². The van der Waals surface area contributed by atoms with E-state index in [9.17, 15) is 14.4 Å². The highest BCUT2D eigenvalue weighted by molar-refractivity contribution is 6.00. The zero-order valence-corrected chi connectivity index (χ0v) is 14.3. The van der Waals surface area contributed by atoms with Crippen LogP contribution in [0.1, 0.15) is 24.2 Å². The fourth-order valence-electron chi connectivity index (χ4n) is 2.22. The van der Waals surface area contributed by atoms with Crippen molar-refractivity contribution in [1.82, 2.24) is 10.6 Å². The van der Waals surface area contributed by atoms with E-state index in [0.717, 1.165) is 10.8 Å². The van der Waals surface area contributed by atoms with Gasteiger partial charge in [-0.25, -0.2) is 9.59 Å². The Labute approximate surface area is 145 Å². The van der Waals surface area contributed by atoms with Gasteiger partial charge in [-0.15, -0.1) is 0 Å². The van der Waals surface area contributed by atoms with Gasteiger partial charge in [0, 0.05) is 6.04 Å². The summed E-state index contributed by atoms with van der Waals surface area (Å²) in [5.41, 5.74) is 0.209. The van der Waals surface area contributed by atoms with E-state index in [1.54, 1.807) is 26.0 Å². The van der Waals surface area contributed by atoms with Crippen molar-refractivity contribution in [3.63, 3.8) is 0 Å². The normalized spacial score (nSPS) is 10.4. The standard InChI is InChI=1S/C18H20N2O5/c1-11(2)19-18(23)20-16(21)10-25-17(22)14-8-12-6-4-5-7-13(12)9-15(14)24-3/h4-9,11H,10H2,1-3H3,(H2,19,20,21,23). The Hall–Kier alpha value is -3.09. The second-order valence-corrected chi connectivity index (χ2v) is 5.65. The summed E-state index contributed by atoms with van der Waals surface area (Å²) in [7, 11) is 1.45. The molecule has 0 bridgehead atoms. The van der Waals surface area contributed by atoms with Crippen molar-refractivity contribution < 1.29 is 23.9 Å². The Balaban J connectivity index is 2.04. The molecule has 0 heterocycles. The minimum absolute atomic E-state index is 0.114. The zero-order chi connectivity index (χ0) is 18.4. The number of hydrogen-bond acceptors (Lipinski definition) is 5. The maximum absolute atomic E-state index is 12.3. The lowest BCUT2D eigenvalue weighted by Crippen LogP contribution is -2.44. The highest BCUT2D eigenvalue weighted by Crippen LogP contribution is 2.26. The largest absolute Gasteiger partial charge is 0.496 e. The number of ether oxygens (including phenoxy) is 2. The van der Waals surface area contributed by atoms with Gasteiger partial charge in [-0.1, -0.05) is 24.3 Å². The maximum atomic E-state index is 12.3. The fourth-order valence-corrected chi connectivity index (χ4v) is 2.22. The summed E-state index contributed by atoms with van der Waals surface area (Å²) in [6.45, 7) is 2.95. The summed E-state index contributed by atoms with van der Waals surface area (Å²) >= 11 is 0. The van der Waals surface area contributed by atoms with Crippen LogP contribution in [0.3, 0.4) is 0 Å². The van der Waals surface area contributed by atoms with E-state index in [0.29, 0.717) is 5.75 Å². The van der Waals surface area contributed by atoms with Crippen molar-refractivity contribution >= 4 is 28.7 Å². The third-order valence-electron chi connectivity index (χ3n) is 3.29. The SMILES string of the molecule is COc1cc2ccccc2cc1C(=O)OCC(=O)NC(=O)NC(C)C. The van der Waals surface area contributed by atoms with Crippen LogP contribution in [-0.4, -0.2) is 37.7 Å². The van der Waals surface area contributed by atoms with Gasteiger partial charge in [0.2, 0.25) is 0 Å². The molecule has 0 aromatic heterocycles. The van der Waals surface area contributed by atoms with E-state index in [2.05, 4.69) is 10.6 Å². The molecule has 0 radical (unpaired) electrons. The first-order valence-corrected chi connectivity index (χ1v) is 7.75. The summed E-state index contributed by atoms with van der Waals surface area (Å²) in [4.78, 5) is 35.3. The average molecular weight is 344 g/mol. The smallest absolute Gasteiger partial charge is 0.342 e. The van der Waals surface area contributed by atoms with Crippen molar-refractivity contribution in [3.05, 3.63) is 42.0 Å². The summed E-state index contributed by atoms with van der Waals surface area (Å²) in [5.74, 6) is -1.07. The van der Waals surface area contributed by atoms with Crippen molar-refractivity contribution in [1.29, 1.82) is 0 Å². The van der Waals surface area contributed by atoms with Gasteiger partial charge in [-0.05, 0) is 36.8 Å². The molecule has 132 valence electrons. The second-order valence-electron chi connectivity index (χ2n) is 5.65. The molecular weight excluding hydrogens is 324 g/mol. The number of urea groups is 1. The first-order valence-electron chi connectivity index (χ1n) is 7.75. The lowest BCUT2D eigenvalue weighted by atomic mass is 10.1. The number of nitrogens with one attached hydrogen (secondary N) is 2. The van der Waals surface area contributed by atoms with Gasteiger partial charge in [0.1, 0.15) is 11.3 Å². The van der Waals surface area contributed by atoms with Crippen LogP contribution in [0, 0.1) is 0 Å². The predicted octanol–water partition coefficient (Wildman–Crippen LogP) is 2.24. The Morgan fingerprint density at radius 1 is 1.08 bits per heavy atom. The summed E-state index contributed by atoms with van der Waals surface area (Å²) < 4.78 is 10.2. The Bertz CT molecular complexity index is 801. The number of esters is 1. The molecule has 0 aliphatic rings. The van der Waals surface area contributed by atoms with Crippen LogP contribution in [-0.2, 0) is 9.53 Å². The van der Waals surface area contributed by atoms with Gasteiger partial charge >= 0.3 is 12.0 Å². The number of carbonyl (C=O) groups is 3. The quantitative estimate of drug-likeness (QED) is 0.811. The van der Waals surface area contributed by atoms with E-state index in [1.165, 1.54) is 7.11 Å². The number of carbonyl (C=O) groups excluding carboxylic acids is 3. The summed E-state index contributed by atoms with van der Waals surface area (Å²) in [6, 6.07) is 10.1. The first kappa shape index (κ1) is 18.3. The van der Waals surface area contributed by atoms with Crippen LogP contribution in [0.2, 0.25) is 0 Å². The number of fused-ring (bicyclic) bond motifs is 1. The number of methoxy groups -OCH3 is 1. The molecule has 0 unspecified atom stereocenters. The van der Waals surface area contributed by atoms with E-state index in [4.69, 9.17) is 9.47 Å². The molecule has 0 fully saturated rings. The van der Waals surface area contributed by atoms with Crippen LogP contribution < -0.4 is 15.4 Å². The van der Waals surface area contributed by atoms with Gasteiger partial charge in [-0.2, -0.15) is 0 Å². The van der Waals surface area contributed by atoms with Crippen LogP contribution in [0.15, 0.2) is 36.4 Å². The van der Waals surface area contributed by atoms with Gasteiger partial charge < -0.3 is 14.8 Å². The summed E-state index contributed by atoms with van der Waals surface area (Å²) in [5, 5.41) is 6.34. The molecule has 7 heteroatoms. The van der Waals surface area contributed by atoms with Crippen molar-refractivity contribution in [2.45, 2.75) is 19.9 Å². The molecule has 2 rings (SSSR count). The van der Waals surface area contributed by atoms with E-state index >= 15 is 0 Å². The molecular formula is C18H20N2O5. The van der Waals surface area contributed by atoms with Crippen molar-refractivity contribution in [3.8, 4) is 5.75 Å². The molecule has 2 N–H and O–H groups in total. The van der Waals surface area contributed by atoms with Crippen molar-refractivity contribution in [2.75, 3.05) is 13.7 Å². The topological polar surface area (TPSA) is 93.7 Å². The van der Waals surface area contributed by atoms with Gasteiger partial charge in [0.25, 0.3) is 5.91 Å². The lowest BCUT2D eigenvalue weighted by molar-refractivity contribution is -0.123. The third-order valence-corrected chi connectivity index (χ3v) is 3.29. The molecule has 3 amide bonds. The zero-order valence-electron chi connectivity index (χ0n) is 14.3. The van der Waals surface area contributed by atoms with E-state index in [-0.39, 0.29) is 11.6 Å². The Kier molecular flexibility index (Phi) is 5.94. The third kappa shape index (κ3) is 4.94. The van der Waals surface area contributed by atoms with Crippen LogP contribution in [0.4, 0.5) is 4.79 Å². The average Bonchev–Trinajstić information content (AvgIpc) is 2.57. The number of benzene rings is 2. The minimum atomic E-state index is -0.716. The lowest BCUT2D eigenvalue weighted by Gasteiger charge is -2.11. The molecule has 2 aromatic carbocycles. The molecule has 0 spiro atoms. The van der Waals surface area contributed by atoms with Crippen LogP contribution >= 0.6 is 0 Å². The number of hydrogen-bond donors (Lipinski definition) is 2. The van der Waals surface area contributed by atoms with Crippen molar-refractivity contribution in [2.24, 2.45) is 0 Å². The number of imide groups is 1. The fraction of sp³-hybridized carbons (Fsp3) is 0.278. The predicted molar refractivity (Wildman–Crippen MR) is 92.6 cm³/mol. The molecule has 0 aliphatic carbocycles. The number of amides is 3. The Morgan fingerprint density at radius 3 is 2.32 bits per heavy atom. The molecule has 25 heavy (non-hydrogen) atoms. The minimum Gasteiger partial charge on any atom is -0.496 e. The van der Waals surface area contributed by atoms with Crippen LogP contribution in [0.25, 0.3) is 10.8 Å². The monoisotopic (exact) mass is 344 g/mol. The van der Waals surface area contributed by atoms with E-state index < -0.39 is 24.5 Å².